The van der Waals surface area contributed by atoms with Crippen LogP contribution in [-0.4, -0.2) is 0 Å². The standard InChI is InChI=1S/C14H18BrNS2/c1-8-7-12(11(4)17-8)9(2)16-10(3)13-5-6-14(15)18-13/h5-7,9-10,16H,1-4H3. The Bertz CT molecular complexity index is 530. The van der Waals surface area contributed by atoms with Crippen LogP contribution in [0.25, 0.3) is 0 Å². The molecule has 0 saturated heterocycles. The molecule has 0 aliphatic rings. The maximum Gasteiger partial charge on any atom is 0.0701 e. The van der Waals surface area contributed by atoms with Crippen LogP contribution in [0.5, 0.6) is 0 Å². The molecule has 0 saturated carbocycles. The first-order valence-electron chi connectivity index (χ1n) is 6.05. The van der Waals surface area contributed by atoms with Gasteiger partial charge < -0.3 is 5.32 Å². The average Bonchev–Trinajstić information content (AvgIpc) is 2.84. The zero-order chi connectivity index (χ0) is 13.3. The van der Waals surface area contributed by atoms with Crippen LogP contribution < -0.4 is 5.32 Å². The third kappa shape index (κ3) is 3.23. The van der Waals surface area contributed by atoms with E-state index in [0.717, 1.165) is 0 Å². The second-order valence-corrected chi connectivity index (χ2v) is 8.58. The Morgan fingerprint density at radius 3 is 2.33 bits per heavy atom. The second-order valence-electron chi connectivity index (χ2n) is 4.62. The number of thiophene rings is 2. The number of nitrogens with one attached hydrogen (secondary N) is 1. The third-order valence-corrected chi connectivity index (χ3v) is 5.85. The van der Waals surface area contributed by atoms with Gasteiger partial charge in [0.15, 0.2) is 0 Å². The van der Waals surface area contributed by atoms with Crippen molar-refractivity contribution in [2.45, 2.75) is 39.8 Å². The number of hydrogen-bond donors (Lipinski definition) is 1. The van der Waals surface area contributed by atoms with E-state index >= 15 is 0 Å². The Morgan fingerprint density at radius 1 is 1.11 bits per heavy atom. The Hall–Kier alpha value is -0.160. The second kappa shape index (κ2) is 5.87. The molecule has 2 aromatic rings. The van der Waals surface area contributed by atoms with Crippen molar-refractivity contribution in [3.63, 3.8) is 0 Å². The van der Waals surface area contributed by atoms with Gasteiger partial charge >= 0.3 is 0 Å². The lowest BCUT2D eigenvalue weighted by molar-refractivity contribution is 0.499. The summed E-state index contributed by atoms with van der Waals surface area (Å²) in [5, 5.41) is 3.68. The number of hydrogen-bond acceptors (Lipinski definition) is 3. The van der Waals surface area contributed by atoms with Gasteiger partial charge in [0.2, 0.25) is 0 Å². The number of halogens is 1. The first kappa shape index (κ1) is 14.3. The van der Waals surface area contributed by atoms with Crippen LogP contribution in [0.3, 0.4) is 0 Å². The van der Waals surface area contributed by atoms with Gasteiger partial charge in [0.1, 0.15) is 0 Å². The fraction of sp³-hybridized carbons (Fsp3) is 0.429. The number of aryl methyl sites for hydroxylation is 2. The summed E-state index contributed by atoms with van der Waals surface area (Å²) < 4.78 is 1.20. The Labute approximate surface area is 125 Å². The first-order chi connectivity index (χ1) is 8.47. The Balaban J connectivity index is 2.07. The summed E-state index contributed by atoms with van der Waals surface area (Å²) in [6.45, 7) is 8.85. The Morgan fingerprint density at radius 2 is 1.83 bits per heavy atom. The molecule has 0 aliphatic heterocycles. The summed E-state index contributed by atoms with van der Waals surface area (Å²) in [7, 11) is 0. The molecule has 2 atom stereocenters. The minimum atomic E-state index is 0.385. The van der Waals surface area contributed by atoms with Crippen molar-refractivity contribution in [2.24, 2.45) is 0 Å². The van der Waals surface area contributed by atoms with Gasteiger partial charge in [-0.1, -0.05) is 0 Å². The van der Waals surface area contributed by atoms with Gasteiger partial charge in [-0.2, -0.15) is 0 Å². The molecule has 0 aromatic carbocycles. The van der Waals surface area contributed by atoms with Crippen molar-refractivity contribution in [3.8, 4) is 0 Å². The summed E-state index contributed by atoms with van der Waals surface area (Å²) in [5.41, 5.74) is 1.43. The summed E-state index contributed by atoms with van der Waals surface area (Å²) in [6, 6.07) is 7.38. The van der Waals surface area contributed by atoms with Gasteiger partial charge in [-0.05, 0) is 67.4 Å². The van der Waals surface area contributed by atoms with Crippen LogP contribution in [0.1, 0.15) is 46.1 Å². The largest absolute Gasteiger partial charge is 0.303 e. The summed E-state index contributed by atoms with van der Waals surface area (Å²) in [6.07, 6.45) is 0. The van der Waals surface area contributed by atoms with E-state index in [0.29, 0.717) is 12.1 Å². The lowest BCUT2D eigenvalue weighted by Gasteiger charge is -2.19. The zero-order valence-corrected chi connectivity index (χ0v) is 14.3. The normalized spacial score (nSPS) is 14.7. The van der Waals surface area contributed by atoms with Gasteiger partial charge in [-0.25, -0.2) is 0 Å². The lowest BCUT2D eigenvalue weighted by atomic mass is 10.1. The Kier molecular flexibility index (Phi) is 4.64. The molecule has 1 N–H and O–H groups in total. The van der Waals surface area contributed by atoms with Crippen molar-refractivity contribution >= 4 is 38.6 Å². The number of rotatable bonds is 4. The topological polar surface area (TPSA) is 12.0 Å². The molecule has 1 nitrogen and oxygen atoms in total. The molecule has 0 aliphatic carbocycles. The molecule has 0 amide bonds. The van der Waals surface area contributed by atoms with E-state index in [1.807, 2.05) is 11.3 Å². The fourth-order valence-electron chi connectivity index (χ4n) is 2.19. The van der Waals surface area contributed by atoms with Gasteiger partial charge in [-0.15, -0.1) is 22.7 Å². The SMILES string of the molecule is Cc1cc(C(C)NC(C)c2ccc(Br)s2)c(C)s1. The van der Waals surface area contributed by atoms with Gasteiger partial charge in [0.25, 0.3) is 0 Å². The molecule has 0 fully saturated rings. The van der Waals surface area contributed by atoms with E-state index in [1.165, 1.54) is 24.0 Å². The minimum absolute atomic E-state index is 0.385. The van der Waals surface area contributed by atoms with Gasteiger partial charge in [0, 0.05) is 26.7 Å². The van der Waals surface area contributed by atoms with Crippen molar-refractivity contribution in [1.29, 1.82) is 0 Å². The highest BCUT2D eigenvalue weighted by Crippen LogP contribution is 2.31. The van der Waals surface area contributed by atoms with Crippen LogP contribution >= 0.6 is 38.6 Å². The van der Waals surface area contributed by atoms with Crippen molar-refractivity contribution in [2.75, 3.05) is 0 Å². The van der Waals surface area contributed by atoms with E-state index in [2.05, 4.69) is 67.1 Å². The molecular weight excluding hydrogens is 326 g/mol. The van der Waals surface area contributed by atoms with E-state index in [9.17, 15) is 0 Å². The summed E-state index contributed by atoms with van der Waals surface area (Å²) in [5.74, 6) is 0. The van der Waals surface area contributed by atoms with E-state index in [4.69, 9.17) is 0 Å². The predicted molar refractivity (Wildman–Crippen MR) is 85.8 cm³/mol. The first-order valence-corrected chi connectivity index (χ1v) is 8.48. The molecule has 0 spiro atoms. The maximum atomic E-state index is 3.68. The highest BCUT2D eigenvalue weighted by atomic mass is 79.9. The predicted octanol–water partition coefficient (Wildman–Crippen LogP) is 5.60. The van der Waals surface area contributed by atoms with Crippen molar-refractivity contribution in [1.82, 2.24) is 5.32 Å². The third-order valence-electron chi connectivity index (χ3n) is 3.07. The molecule has 0 radical (unpaired) electrons. The maximum absolute atomic E-state index is 3.68. The fourth-order valence-corrected chi connectivity index (χ4v) is 4.65. The van der Waals surface area contributed by atoms with Gasteiger partial charge in [0.05, 0.1) is 3.79 Å². The van der Waals surface area contributed by atoms with Crippen LogP contribution in [0.4, 0.5) is 0 Å². The average molecular weight is 344 g/mol. The van der Waals surface area contributed by atoms with Crippen LogP contribution in [0, 0.1) is 13.8 Å². The minimum Gasteiger partial charge on any atom is -0.303 e. The van der Waals surface area contributed by atoms with E-state index < -0.39 is 0 Å². The van der Waals surface area contributed by atoms with Crippen LogP contribution in [0.15, 0.2) is 22.0 Å². The zero-order valence-electron chi connectivity index (χ0n) is 11.1. The van der Waals surface area contributed by atoms with Crippen molar-refractivity contribution in [3.05, 3.63) is 42.2 Å². The molecule has 2 rings (SSSR count). The molecular formula is C14H18BrNS2. The van der Waals surface area contributed by atoms with Crippen LogP contribution in [-0.2, 0) is 0 Å². The molecule has 98 valence electrons. The van der Waals surface area contributed by atoms with E-state index in [-0.39, 0.29) is 0 Å². The molecule has 0 bridgehead atoms. The van der Waals surface area contributed by atoms with Gasteiger partial charge in [-0.3, -0.25) is 0 Å². The molecule has 2 heterocycles. The van der Waals surface area contributed by atoms with Crippen molar-refractivity contribution < 1.29 is 0 Å². The lowest BCUT2D eigenvalue weighted by Crippen LogP contribution is -2.21. The monoisotopic (exact) mass is 343 g/mol. The molecule has 2 aromatic heterocycles. The summed E-state index contributed by atoms with van der Waals surface area (Å²) in [4.78, 5) is 4.19. The smallest absolute Gasteiger partial charge is 0.0701 e. The molecule has 18 heavy (non-hydrogen) atoms. The van der Waals surface area contributed by atoms with E-state index in [1.54, 1.807) is 11.3 Å². The van der Waals surface area contributed by atoms with Crippen LogP contribution in [0.2, 0.25) is 0 Å². The quantitative estimate of drug-likeness (QED) is 0.761. The summed E-state index contributed by atoms with van der Waals surface area (Å²) >= 11 is 7.20. The highest BCUT2D eigenvalue weighted by Gasteiger charge is 2.15. The molecule has 2 unspecified atom stereocenters. The molecule has 4 heteroatoms. The highest BCUT2D eigenvalue weighted by molar-refractivity contribution is 9.11.